The molecule has 0 saturated heterocycles. The van der Waals surface area contributed by atoms with Crippen LogP contribution in [0.15, 0.2) is 36.7 Å². The molecule has 1 aromatic carbocycles. The summed E-state index contributed by atoms with van der Waals surface area (Å²) >= 11 is 0. The van der Waals surface area contributed by atoms with Crippen LogP contribution in [0.5, 0.6) is 0 Å². The highest BCUT2D eigenvalue weighted by molar-refractivity contribution is 5.23. The number of rotatable bonds is 7. The zero-order valence-electron chi connectivity index (χ0n) is 11.9. The molecule has 0 atom stereocenters. The van der Waals surface area contributed by atoms with Gasteiger partial charge in [-0.3, -0.25) is 0 Å². The molecule has 0 amide bonds. The lowest BCUT2D eigenvalue weighted by Gasteiger charge is -2.07. The average Bonchev–Trinajstić information content (AvgIpc) is 2.82. The quantitative estimate of drug-likeness (QED) is 0.773. The number of hydrogen-bond donors (Lipinski definition) is 1. The van der Waals surface area contributed by atoms with E-state index in [9.17, 15) is 0 Å². The lowest BCUT2D eigenvalue weighted by molar-refractivity contribution is 0.671. The molecule has 0 spiro atoms. The van der Waals surface area contributed by atoms with E-state index in [0.717, 1.165) is 31.9 Å². The molecule has 3 nitrogen and oxygen atoms in total. The molecule has 0 saturated carbocycles. The molecule has 1 heterocycles. The van der Waals surface area contributed by atoms with Gasteiger partial charge in [0.05, 0.1) is 0 Å². The second-order valence-electron chi connectivity index (χ2n) is 4.92. The minimum absolute atomic E-state index is 0.903. The van der Waals surface area contributed by atoms with Gasteiger partial charge in [0.15, 0.2) is 0 Å². The van der Waals surface area contributed by atoms with Gasteiger partial charge in [-0.25, -0.2) is 4.98 Å². The molecule has 2 aromatic rings. The molecular weight excluding hydrogens is 234 g/mol. The summed E-state index contributed by atoms with van der Waals surface area (Å²) in [5.74, 6) is 1.06. The first-order valence-electron chi connectivity index (χ1n) is 7.06. The van der Waals surface area contributed by atoms with E-state index in [2.05, 4.69) is 46.1 Å². The minimum atomic E-state index is 0.903. The van der Waals surface area contributed by atoms with Gasteiger partial charge in [0, 0.05) is 18.9 Å². The summed E-state index contributed by atoms with van der Waals surface area (Å²) in [7, 11) is 0. The topological polar surface area (TPSA) is 29.9 Å². The molecule has 102 valence electrons. The molecule has 2 rings (SSSR count). The van der Waals surface area contributed by atoms with Crippen molar-refractivity contribution in [3.05, 3.63) is 53.6 Å². The van der Waals surface area contributed by atoms with E-state index >= 15 is 0 Å². The molecule has 0 fully saturated rings. The Labute approximate surface area is 115 Å². The highest BCUT2D eigenvalue weighted by atomic mass is 15.0. The molecule has 1 aromatic heterocycles. The Hall–Kier alpha value is -1.61. The minimum Gasteiger partial charge on any atom is -0.331 e. The maximum Gasteiger partial charge on any atom is 0.105 e. The highest BCUT2D eigenvalue weighted by Crippen LogP contribution is 2.08. The van der Waals surface area contributed by atoms with E-state index in [1.54, 1.807) is 0 Å². The van der Waals surface area contributed by atoms with Gasteiger partial charge in [-0.15, -0.1) is 0 Å². The SMILES string of the molecule is CCCNCCc1ccc(Cn2ccnc2C)cc1. The van der Waals surface area contributed by atoms with E-state index in [4.69, 9.17) is 0 Å². The smallest absolute Gasteiger partial charge is 0.105 e. The number of aromatic nitrogens is 2. The Morgan fingerprint density at radius 3 is 2.47 bits per heavy atom. The Morgan fingerprint density at radius 1 is 1.11 bits per heavy atom. The van der Waals surface area contributed by atoms with Crippen LogP contribution in [0.3, 0.4) is 0 Å². The van der Waals surface area contributed by atoms with Gasteiger partial charge in [-0.2, -0.15) is 0 Å². The summed E-state index contributed by atoms with van der Waals surface area (Å²) < 4.78 is 2.16. The third-order valence-electron chi connectivity index (χ3n) is 3.32. The van der Waals surface area contributed by atoms with Crippen molar-refractivity contribution in [1.82, 2.24) is 14.9 Å². The van der Waals surface area contributed by atoms with Crippen LogP contribution < -0.4 is 5.32 Å². The summed E-state index contributed by atoms with van der Waals surface area (Å²) in [6, 6.07) is 8.90. The van der Waals surface area contributed by atoms with Crippen molar-refractivity contribution in [2.45, 2.75) is 33.2 Å². The molecule has 0 aliphatic heterocycles. The summed E-state index contributed by atoms with van der Waals surface area (Å²) in [5, 5.41) is 3.43. The predicted octanol–water partition coefficient (Wildman–Crippen LogP) is 2.78. The second kappa shape index (κ2) is 7.10. The number of nitrogens with one attached hydrogen (secondary N) is 1. The van der Waals surface area contributed by atoms with Crippen molar-refractivity contribution in [3.63, 3.8) is 0 Å². The summed E-state index contributed by atoms with van der Waals surface area (Å²) in [5.41, 5.74) is 2.72. The van der Waals surface area contributed by atoms with Gasteiger partial charge < -0.3 is 9.88 Å². The van der Waals surface area contributed by atoms with E-state index in [1.165, 1.54) is 17.5 Å². The second-order valence-corrected chi connectivity index (χ2v) is 4.92. The van der Waals surface area contributed by atoms with Gasteiger partial charge >= 0.3 is 0 Å². The number of benzene rings is 1. The molecule has 0 unspecified atom stereocenters. The predicted molar refractivity (Wildman–Crippen MR) is 79.4 cm³/mol. The van der Waals surface area contributed by atoms with Gasteiger partial charge in [0.25, 0.3) is 0 Å². The average molecular weight is 257 g/mol. The van der Waals surface area contributed by atoms with E-state index in [-0.39, 0.29) is 0 Å². The zero-order valence-corrected chi connectivity index (χ0v) is 11.9. The van der Waals surface area contributed by atoms with Crippen molar-refractivity contribution in [1.29, 1.82) is 0 Å². The molecule has 0 aliphatic rings. The van der Waals surface area contributed by atoms with Crippen LogP contribution in [0.2, 0.25) is 0 Å². The molecule has 0 radical (unpaired) electrons. The molecule has 1 N–H and O–H groups in total. The number of aryl methyl sites for hydroxylation is 1. The van der Waals surface area contributed by atoms with Crippen molar-refractivity contribution in [2.24, 2.45) is 0 Å². The van der Waals surface area contributed by atoms with Gasteiger partial charge in [-0.1, -0.05) is 31.2 Å². The molecule has 0 bridgehead atoms. The fourth-order valence-corrected chi connectivity index (χ4v) is 2.11. The fraction of sp³-hybridized carbons (Fsp3) is 0.438. The van der Waals surface area contributed by atoms with Crippen molar-refractivity contribution in [2.75, 3.05) is 13.1 Å². The third-order valence-corrected chi connectivity index (χ3v) is 3.32. The van der Waals surface area contributed by atoms with E-state index in [0.29, 0.717) is 0 Å². The van der Waals surface area contributed by atoms with E-state index < -0.39 is 0 Å². The van der Waals surface area contributed by atoms with Crippen molar-refractivity contribution >= 4 is 0 Å². The first-order valence-corrected chi connectivity index (χ1v) is 7.06. The van der Waals surface area contributed by atoms with Gasteiger partial charge in [0.1, 0.15) is 5.82 Å². The Balaban J connectivity index is 1.86. The van der Waals surface area contributed by atoms with Crippen LogP contribution in [0, 0.1) is 6.92 Å². The summed E-state index contributed by atoms with van der Waals surface area (Å²) in [6.07, 6.45) is 6.18. The largest absolute Gasteiger partial charge is 0.331 e. The van der Waals surface area contributed by atoms with E-state index in [1.807, 2.05) is 19.3 Å². The zero-order chi connectivity index (χ0) is 13.5. The number of hydrogen-bond acceptors (Lipinski definition) is 2. The first kappa shape index (κ1) is 13.8. The van der Waals surface area contributed by atoms with Crippen LogP contribution in [0.25, 0.3) is 0 Å². The van der Waals surface area contributed by atoms with Crippen molar-refractivity contribution < 1.29 is 0 Å². The monoisotopic (exact) mass is 257 g/mol. The Morgan fingerprint density at radius 2 is 1.84 bits per heavy atom. The molecule has 3 heteroatoms. The molecular formula is C16H23N3. The van der Waals surface area contributed by atoms with Crippen LogP contribution in [0.4, 0.5) is 0 Å². The number of nitrogens with zero attached hydrogens (tertiary/aromatic N) is 2. The van der Waals surface area contributed by atoms with Crippen molar-refractivity contribution in [3.8, 4) is 0 Å². The summed E-state index contributed by atoms with van der Waals surface area (Å²) in [6.45, 7) is 7.31. The molecule has 19 heavy (non-hydrogen) atoms. The normalized spacial score (nSPS) is 10.8. The lowest BCUT2D eigenvalue weighted by atomic mass is 10.1. The lowest BCUT2D eigenvalue weighted by Crippen LogP contribution is -2.17. The molecule has 0 aliphatic carbocycles. The van der Waals surface area contributed by atoms with Gasteiger partial charge in [-0.05, 0) is 44.0 Å². The third kappa shape index (κ3) is 4.21. The Bertz CT molecular complexity index is 485. The van der Waals surface area contributed by atoms with Crippen LogP contribution >= 0.6 is 0 Å². The van der Waals surface area contributed by atoms with Crippen LogP contribution in [-0.2, 0) is 13.0 Å². The standard InChI is InChI=1S/C16H23N3/c1-3-9-17-10-8-15-4-6-16(7-5-15)13-19-12-11-18-14(19)2/h4-7,11-12,17H,3,8-10,13H2,1-2H3. The first-order chi connectivity index (χ1) is 9.29. The van der Waals surface area contributed by atoms with Crippen LogP contribution in [-0.4, -0.2) is 22.6 Å². The summed E-state index contributed by atoms with van der Waals surface area (Å²) in [4.78, 5) is 4.24. The Kier molecular flexibility index (Phi) is 5.16. The van der Waals surface area contributed by atoms with Gasteiger partial charge in [0.2, 0.25) is 0 Å². The maximum atomic E-state index is 4.24. The maximum absolute atomic E-state index is 4.24. The van der Waals surface area contributed by atoms with Crippen LogP contribution in [0.1, 0.15) is 30.3 Å². The highest BCUT2D eigenvalue weighted by Gasteiger charge is 1.99. The number of imidazole rings is 1. The fourth-order valence-electron chi connectivity index (χ4n) is 2.11.